The van der Waals surface area contributed by atoms with Crippen LogP contribution in [0.15, 0.2) is 51.9 Å². The first-order chi connectivity index (χ1) is 12.4. The van der Waals surface area contributed by atoms with E-state index in [-0.39, 0.29) is 5.11 Å². The molecule has 3 rings (SSSR count). The Labute approximate surface area is 169 Å². The minimum atomic E-state index is -1.08. The monoisotopic (exact) mass is 449 g/mol. The lowest BCUT2D eigenvalue weighted by Crippen LogP contribution is -2.58. The van der Waals surface area contributed by atoms with E-state index < -0.39 is 17.7 Å². The number of amides is 2. The highest BCUT2D eigenvalue weighted by molar-refractivity contribution is 9.10. The van der Waals surface area contributed by atoms with Crippen molar-refractivity contribution in [2.45, 2.75) is 6.92 Å². The topological polar surface area (TPSA) is 61.8 Å². The van der Waals surface area contributed by atoms with Crippen molar-refractivity contribution in [3.63, 3.8) is 0 Å². The molecule has 1 fully saturated rings. The van der Waals surface area contributed by atoms with E-state index in [1.54, 1.807) is 30.3 Å². The molecule has 132 valence electrons. The van der Waals surface area contributed by atoms with Crippen molar-refractivity contribution in [3.8, 4) is 0 Å². The largest absolute Gasteiger partial charge is 0.301 e. The van der Waals surface area contributed by atoms with Crippen molar-refractivity contribution in [2.75, 3.05) is 4.90 Å². The van der Waals surface area contributed by atoms with Gasteiger partial charge in [0.1, 0.15) is 0 Å². The molecule has 0 bridgehead atoms. The van der Waals surface area contributed by atoms with Crippen molar-refractivity contribution in [3.05, 3.63) is 57.5 Å². The summed E-state index contributed by atoms with van der Waals surface area (Å²) in [6.07, 6.45) is 1.31. The molecule has 0 saturated carbocycles. The van der Waals surface area contributed by atoms with Gasteiger partial charge in [-0.05, 0) is 65.4 Å². The smallest absolute Gasteiger partial charge is 0.251 e. The Morgan fingerprint density at radius 1 is 1.23 bits per heavy atom. The lowest BCUT2D eigenvalue weighted by Gasteiger charge is -2.30. The van der Waals surface area contributed by atoms with Crippen LogP contribution in [0.4, 0.5) is 11.4 Å². The Kier molecular flexibility index (Phi) is 5.50. The number of nitrogens with one attached hydrogen (secondary N) is 1. The number of thiocarbonyl (C=S) groups is 1. The van der Waals surface area contributed by atoms with E-state index in [4.69, 9.17) is 23.8 Å². The third-order valence-corrected chi connectivity index (χ3v) is 5.29. The van der Waals surface area contributed by atoms with E-state index in [2.05, 4.69) is 26.2 Å². The van der Waals surface area contributed by atoms with Crippen molar-refractivity contribution >= 4 is 74.3 Å². The van der Waals surface area contributed by atoms with Crippen LogP contribution in [0.3, 0.4) is 0 Å². The van der Waals surface area contributed by atoms with E-state index >= 15 is 0 Å². The summed E-state index contributed by atoms with van der Waals surface area (Å²) in [5.41, 5.74) is 2.18. The number of aliphatic imine (C=N–C) groups is 1. The van der Waals surface area contributed by atoms with E-state index in [9.17, 15) is 9.59 Å². The summed E-state index contributed by atoms with van der Waals surface area (Å²) in [6, 6.07) is 12.4. The fraction of sp³-hybridized carbons (Fsp3) is 0.111. The van der Waals surface area contributed by atoms with Crippen LogP contribution >= 0.6 is 39.7 Å². The molecule has 0 aliphatic carbocycles. The van der Waals surface area contributed by atoms with Crippen LogP contribution in [-0.2, 0) is 9.59 Å². The number of aryl methyl sites for hydroxylation is 1. The molecule has 8 heteroatoms. The predicted molar refractivity (Wildman–Crippen MR) is 110 cm³/mol. The maximum absolute atomic E-state index is 12.8. The molecule has 1 saturated heterocycles. The fourth-order valence-electron chi connectivity index (χ4n) is 2.39. The molecule has 1 heterocycles. The van der Waals surface area contributed by atoms with Gasteiger partial charge in [-0.2, -0.15) is 0 Å². The van der Waals surface area contributed by atoms with Crippen molar-refractivity contribution in [2.24, 2.45) is 10.9 Å². The Morgan fingerprint density at radius 2 is 1.92 bits per heavy atom. The van der Waals surface area contributed by atoms with Crippen LogP contribution in [-0.4, -0.2) is 23.1 Å². The van der Waals surface area contributed by atoms with Gasteiger partial charge in [-0.15, -0.1) is 0 Å². The normalized spacial score (nSPS) is 17.7. The van der Waals surface area contributed by atoms with E-state index in [1.807, 2.05) is 19.1 Å². The summed E-state index contributed by atoms with van der Waals surface area (Å²) in [5, 5.41) is 3.10. The third-order valence-electron chi connectivity index (χ3n) is 3.77. The quantitative estimate of drug-likeness (QED) is 0.433. The number of nitrogens with zero attached hydrogens (tertiary/aromatic N) is 2. The zero-order valence-electron chi connectivity index (χ0n) is 13.6. The van der Waals surface area contributed by atoms with E-state index in [1.165, 1.54) is 11.1 Å². The maximum atomic E-state index is 12.8. The summed E-state index contributed by atoms with van der Waals surface area (Å²) in [4.78, 5) is 30.6. The van der Waals surface area contributed by atoms with E-state index in [0.29, 0.717) is 16.4 Å². The summed E-state index contributed by atoms with van der Waals surface area (Å²) in [7, 11) is 0. The standard InChI is InChI=1S/C18H13BrClN3O2S/c1-10-2-5-12(6-3-10)23-17(25)13(16(24)22-18(23)26)9-21-11-4-7-14(19)15(20)8-11/h2-9,13H,1H3,(H,22,24,26)/t13-/m1/s1. The van der Waals surface area contributed by atoms with Gasteiger partial charge in [0.05, 0.1) is 16.4 Å². The van der Waals surface area contributed by atoms with Crippen molar-refractivity contribution < 1.29 is 9.59 Å². The lowest BCUT2D eigenvalue weighted by molar-refractivity contribution is -0.130. The highest BCUT2D eigenvalue weighted by Gasteiger charge is 2.38. The molecule has 0 spiro atoms. The van der Waals surface area contributed by atoms with Gasteiger partial charge in [-0.3, -0.25) is 19.5 Å². The number of carbonyl (C=O) groups excluding carboxylic acids is 2. The molecule has 0 aromatic heterocycles. The van der Waals surface area contributed by atoms with Crippen LogP contribution in [0.1, 0.15) is 5.56 Å². The zero-order chi connectivity index (χ0) is 18.8. The predicted octanol–water partition coefficient (Wildman–Crippen LogP) is 4.18. The first-order valence-corrected chi connectivity index (χ1v) is 9.19. The third kappa shape index (κ3) is 3.85. The Balaban J connectivity index is 1.88. The van der Waals surface area contributed by atoms with Crippen molar-refractivity contribution in [1.29, 1.82) is 0 Å². The van der Waals surface area contributed by atoms with Crippen LogP contribution in [0.25, 0.3) is 0 Å². The zero-order valence-corrected chi connectivity index (χ0v) is 16.7. The molecular weight excluding hydrogens is 438 g/mol. The minimum Gasteiger partial charge on any atom is -0.301 e. The number of anilines is 1. The Hall–Kier alpha value is -2.09. The molecule has 2 aromatic carbocycles. The number of benzene rings is 2. The number of hydrogen-bond donors (Lipinski definition) is 1. The van der Waals surface area contributed by atoms with Crippen LogP contribution < -0.4 is 10.2 Å². The minimum absolute atomic E-state index is 0.0557. The SMILES string of the molecule is Cc1ccc(N2C(=O)[C@H](C=Nc3ccc(Br)c(Cl)c3)C(=O)NC2=S)cc1. The van der Waals surface area contributed by atoms with Gasteiger partial charge in [-0.1, -0.05) is 29.3 Å². The van der Waals surface area contributed by atoms with E-state index in [0.717, 1.165) is 10.0 Å². The number of carbonyl (C=O) groups is 2. The van der Waals surface area contributed by atoms with Gasteiger partial charge < -0.3 is 5.32 Å². The molecule has 2 amide bonds. The maximum Gasteiger partial charge on any atom is 0.251 e. The molecule has 1 N–H and O–H groups in total. The summed E-state index contributed by atoms with van der Waals surface area (Å²) in [6.45, 7) is 1.95. The van der Waals surface area contributed by atoms with Crippen LogP contribution in [0, 0.1) is 12.8 Å². The van der Waals surface area contributed by atoms with Crippen LogP contribution in [0.5, 0.6) is 0 Å². The number of hydrogen-bond acceptors (Lipinski definition) is 4. The van der Waals surface area contributed by atoms with Gasteiger partial charge in [-0.25, -0.2) is 0 Å². The van der Waals surface area contributed by atoms with Gasteiger partial charge in [0, 0.05) is 10.7 Å². The molecule has 1 aliphatic rings. The molecule has 0 unspecified atom stereocenters. The lowest BCUT2D eigenvalue weighted by atomic mass is 10.1. The number of rotatable bonds is 3. The molecular formula is C18H13BrClN3O2S. The Bertz CT molecular complexity index is 931. The molecule has 0 radical (unpaired) electrons. The molecule has 26 heavy (non-hydrogen) atoms. The Morgan fingerprint density at radius 3 is 2.58 bits per heavy atom. The second-order valence-electron chi connectivity index (χ2n) is 5.66. The first-order valence-electron chi connectivity index (χ1n) is 7.61. The summed E-state index contributed by atoms with van der Waals surface area (Å²) in [5.74, 6) is -2.03. The van der Waals surface area contributed by atoms with Gasteiger partial charge in [0.15, 0.2) is 11.0 Å². The van der Waals surface area contributed by atoms with Gasteiger partial charge in [0.2, 0.25) is 5.91 Å². The highest BCUT2D eigenvalue weighted by atomic mass is 79.9. The molecule has 1 aliphatic heterocycles. The van der Waals surface area contributed by atoms with Gasteiger partial charge >= 0.3 is 0 Å². The molecule has 2 aromatic rings. The number of halogens is 2. The second-order valence-corrected chi connectivity index (χ2v) is 7.31. The average Bonchev–Trinajstić information content (AvgIpc) is 2.59. The first kappa shape index (κ1) is 18.7. The summed E-state index contributed by atoms with van der Waals surface area (Å²) >= 11 is 14.5. The van der Waals surface area contributed by atoms with Gasteiger partial charge in [0.25, 0.3) is 5.91 Å². The molecule has 1 atom stereocenters. The highest BCUT2D eigenvalue weighted by Crippen LogP contribution is 2.27. The molecule has 5 nitrogen and oxygen atoms in total. The van der Waals surface area contributed by atoms with Crippen LogP contribution in [0.2, 0.25) is 5.02 Å². The fourth-order valence-corrected chi connectivity index (χ4v) is 3.10. The average molecular weight is 451 g/mol. The summed E-state index contributed by atoms with van der Waals surface area (Å²) < 4.78 is 0.737. The van der Waals surface area contributed by atoms with Crippen molar-refractivity contribution in [1.82, 2.24) is 5.32 Å². The second kappa shape index (κ2) is 7.65.